The highest BCUT2D eigenvalue weighted by Gasteiger charge is 2.15. The van der Waals surface area contributed by atoms with Crippen LogP contribution in [0, 0.1) is 0 Å². The minimum atomic E-state index is 0.417. The lowest BCUT2D eigenvalue weighted by atomic mass is 10.1. The van der Waals surface area contributed by atoms with Gasteiger partial charge in [-0.15, -0.1) is 0 Å². The van der Waals surface area contributed by atoms with Crippen molar-refractivity contribution < 1.29 is 4.84 Å². The molecule has 3 heteroatoms. The van der Waals surface area contributed by atoms with Crippen LogP contribution in [0.5, 0.6) is 0 Å². The third kappa shape index (κ3) is 2.35. The van der Waals surface area contributed by atoms with Gasteiger partial charge in [0.2, 0.25) is 0 Å². The molecule has 1 saturated carbocycles. The number of hydroxylamine groups is 1. The lowest BCUT2D eigenvalue weighted by Crippen LogP contribution is -2.21. The summed E-state index contributed by atoms with van der Waals surface area (Å²) in [4.78, 5) is 8.90. The van der Waals surface area contributed by atoms with Gasteiger partial charge in [-0.2, -0.15) is 5.48 Å². The molecule has 3 nitrogen and oxygen atoms in total. The number of aromatic nitrogens is 1. The Balaban J connectivity index is 1.62. The van der Waals surface area contributed by atoms with Crippen molar-refractivity contribution in [2.24, 2.45) is 0 Å². The zero-order valence-corrected chi connectivity index (χ0v) is 9.91. The summed E-state index contributed by atoms with van der Waals surface area (Å²) in [5.41, 5.74) is 5.58. The average molecular weight is 230 g/mol. The van der Waals surface area contributed by atoms with E-state index in [1.54, 1.807) is 0 Å². The molecule has 17 heavy (non-hydrogen) atoms. The monoisotopic (exact) mass is 230 g/mol. The summed E-state index contributed by atoms with van der Waals surface area (Å²) >= 11 is 0. The molecular formula is C14H18N2O. The third-order valence-electron chi connectivity index (χ3n) is 3.50. The smallest absolute Gasteiger partial charge is 0.0790 e. The van der Waals surface area contributed by atoms with Gasteiger partial charge >= 0.3 is 0 Å². The highest BCUT2D eigenvalue weighted by atomic mass is 16.7. The Labute approximate surface area is 101 Å². The van der Waals surface area contributed by atoms with E-state index in [0.29, 0.717) is 6.10 Å². The highest BCUT2D eigenvalue weighted by molar-refractivity contribution is 5.82. The fourth-order valence-corrected chi connectivity index (χ4v) is 2.55. The van der Waals surface area contributed by atoms with Crippen molar-refractivity contribution in [3.8, 4) is 0 Å². The van der Waals surface area contributed by atoms with Crippen LogP contribution in [0.1, 0.15) is 31.2 Å². The minimum absolute atomic E-state index is 0.417. The van der Waals surface area contributed by atoms with Crippen molar-refractivity contribution in [2.45, 2.75) is 38.3 Å². The van der Waals surface area contributed by atoms with Gasteiger partial charge in [-0.05, 0) is 30.5 Å². The number of hydrogen-bond donors (Lipinski definition) is 2. The van der Waals surface area contributed by atoms with Crippen LogP contribution in [0.15, 0.2) is 30.5 Å². The number of rotatable bonds is 4. The van der Waals surface area contributed by atoms with Crippen LogP contribution in [0.3, 0.4) is 0 Å². The molecule has 1 aliphatic carbocycles. The van der Waals surface area contributed by atoms with Crippen molar-refractivity contribution in [2.75, 3.05) is 0 Å². The molecule has 1 aliphatic rings. The van der Waals surface area contributed by atoms with Crippen LogP contribution in [0.4, 0.5) is 0 Å². The molecular weight excluding hydrogens is 212 g/mol. The maximum Gasteiger partial charge on any atom is 0.0790 e. The van der Waals surface area contributed by atoms with Crippen molar-refractivity contribution in [3.63, 3.8) is 0 Å². The maximum atomic E-state index is 5.67. The first-order valence-electron chi connectivity index (χ1n) is 6.37. The Morgan fingerprint density at radius 3 is 3.00 bits per heavy atom. The second-order valence-corrected chi connectivity index (χ2v) is 4.70. The third-order valence-corrected chi connectivity index (χ3v) is 3.50. The van der Waals surface area contributed by atoms with Crippen molar-refractivity contribution in [1.29, 1.82) is 0 Å². The summed E-state index contributed by atoms with van der Waals surface area (Å²) in [6.45, 7) is 0.770. The van der Waals surface area contributed by atoms with Crippen molar-refractivity contribution >= 4 is 10.9 Å². The number of nitrogens with one attached hydrogen (secondary N) is 2. The van der Waals surface area contributed by atoms with E-state index < -0.39 is 0 Å². The Hall–Kier alpha value is -1.32. The predicted molar refractivity (Wildman–Crippen MR) is 68.5 cm³/mol. The first kappa shape index (κ1) is 10.8. The Morgan fingerprint density at radius 2 is 2.12 bits per heavy atom. The average Bonchev–Trinajstić information content (AvgIpc) is 2.99. The Bertz CT molecular complexity index is 486. The molecule has 90 valence electrons. The van der Waals surface area contributed by atoms with Gasteiger partial charge in [-0.1, -0.05) is 25.0 Å². The van der Waals surface area contributed by atoms with E-state index in [1.165, 1.54) is 42.1 Å². The SMILES string of the molecule is c1cc(CNOC2CCCC2)c2cc[nH]c2c1. The summed E-state index contributed by atoms with van der Waals surface area (Å²) < 4.78 is 0. The summed E-state index contributed by atoms with van der Waals surface area (Å²) in [6.07, 6.45) is 7.40. The highest BCUT2D eigenvalue weighted by Crippen LogP contribution is 2.21. The van der Waals surface area contributed by atoms with E-state index in [9.17, 15) is 0 Å². The quantitative estimate of drug-likeness (QED) is 0.792. The van der Waals surface area contributed by atoms with E-state index in [-0.39, 0.29) is 0 Å². The van der Waals surface area contributed by atoms with Gasteiger partial charge < -0.3 is 4.98 Å². The molecule has 0 amide bonds. The molecule has 1 heterocycles. The number of H-pyrrole nitrogens is 1. The van der Waals surface area contributed by atoms with Crippen molar-refractivity contribution in [1.82, 2.24) is 10.5 Å². The van der Waals surface area contributed by atoms with E-state index in [2.05, 4.69) is 34.7 Å². The van der Waals surface area contributed by atoms with Gasteiger partial charge in [0.15, 0.2) is 0 Å². The first-order valence-corrected chi connectivity index (χ1v) is 6.37. The summed E-state index contributed by atoms with van der Waals surface area (Å²) in [5.74, 6) is 0. The normalized spacial score (nSPS) is 16.9. The second kappa shape index (κ2) is 4.90. The van der Waals surface area contributed by atoms with E-state index in [0.717, 1.165) is 6.54 Å². The topological polar surface area (TPSA) is 37.0 Å². The molecule has 0 saturated heterocycles. The van der Waals surface area contributed by atoms with Gasteiger partial charge in [0.1, 0.15) is 0 Å². The van der Waals surface area contributed by atoms with Gasteiger partial charge in [-0.3, -0.25) is 4.84 Å². The summed E-state index contributed by atoms with van der Waals surface area (Å²) in [6, 6.07) is 8.42. The molecule has 1 aromatic carbocycles. The van der Waals surface area contributed by atoms with Gasteiger partial charge in [0.05, 0.1) is 6.10 Å². The Morgan fingerprint density at radius 1 is 1.24 bits per heavy atom. The van der Waals surface area contributed by atoms with Crippen LogP contribution in [0.25, 0.3) is 10.9 Å². The molecule has 2 N–H and O–H groups in total. The lowest BCUT2D eigenvalue weighted by Gasteiger charge is -2.12. The Kier molecular flexibility index (Phi) is 3.12. The molecule has 0 atom stereocenters. The molecule has 0 radical (unpaired) electrons. The van der Waals surface area contributed by atoms with Crippen LogP contribution < -0.4 is 5.48 Å². The van der Waals surface area contributed by atoms with Gasteiger partial charge in [0, 0.05) is 23.6 Å². The van der Waals surface area contributed by atoms with Crippen LogP contribution in [0.2, 0.25) is 0 Å². The predicted octanol–water partition coefficient (Wildman–Crippen LogP) is 3.13. The second-order valence-electron chi connectivity index (χ2n) is 4.70. The summed E-state index contributed by atoms with van der Waals surface area (Å²) in [5, 5.41) is 1.27. The fourth-order valence-electron chi connectivity index (χ4n) is 2.55. The van der Waals surface area contributed by atoms with Crippen LogP contribution in [-0.4, -0.2) is 11.1 Å². The first-order chi connectivity index (χ1) is 8.43. The maximum absolute atomic E-state index is 5.67. The number of fused-ring (bicyclic) bond motifs is 1. The summed E-state index contributed by atoms with van der Waals surface area (Å²) in [7, 11) is 0. The van der Waals surface area contributed by atoms with Crippen molar-refractivity contribution in [3.05, 3.63) is 36.0 Å². The zero-order valence-electron chi connectivity index (χ0n) is 9.91. The molecule has 0 unspecified atom stereocenters. The fraction of sp³-hybridized carbons (Fsp3) is 0.429. The molecule has 2 aromatic rings. The molecule has 0 bridgehead atoms. The van der Waals surface area contributed by atoms with E-state index in [4.69, 9.17) is 4.84 Å². The lowest BCUT2D eigenvalue weighted by molar-refractivity contribution is -0.0242. The van der Waals surface area contributed by atoms with Gasteiger partial charge in [0.25, 0.3) is 0 Å². The molecule has 1 aromatic heterocycles. The standard InChI is InChI=1S/C14H18N2O/c1-2-6-12(5-1)17-16-10-11-4-3-7-14-13(11)8-9-15-14/h3-4,7-9,12,15-16H,1-2,5-6,10H2. The van der Waals surface area contributed by atoms with E-state index in [1.807, 2.05) is 6.20 Å². The minimum Gasteiger partial charge on any atom is -0.361 e. The van der Waals surface area contributed by atoms with Gasteiger partial charge in [-0.25, -0.2) is 0 Å². The number of benzene rings is 1. The van der Waals surface area contributed by atoms with Crippen LogP contribution >= 0.6 is 0 Å². The molecule has 1 fully saturated rings. The van der Waals surface area contributed by atoms with Crippen LogP contribution in [-0.2, 0) is 11.4 Å². The van der Waals surface area contributed by atoms with E-state index >= 15 is 0 Å². The molecule has 0 aliphatic heterocycles. The zero-order chi connectivity index (χ0) is 11.5. The number of hydrogen-bond acceptors (Lipinski definition) is 2. The molecule has 3 rings (SSSR count). The molecule has 0 spiro atoms. The largest absolute Gasteiger partial charge is 0.361 e. The number of aromatic amines is 1.